The molecule has 1 atom stereocenters. The van der Waals surface area contributed by atoms with Crippen LogP contribution in [0.3, 0.4) is 0 Å². The molecule has 0 aliphatic carbocycles. The van der Waals surface area contributed by atoms with Crippen molar-refractivity contribution in [2.45, 2.75) is 19.1 Å². The van der Waals surface area contributed by atoms with Crippen LogP contribution in [0.4, 0.5) is 22.8 Å². The summed E-state index contributed by atoms with van der Waals surface area (Å²) in [5, 5.41) is 13.1. The number of hydrogen-bond acceptors (Lipinski definition) is 3. The van der Waals surface area contributed by atoms with Crippen LogP contribution in [0.15, 0.2) is 24.3 Å². The van der Waals surface area contributed by atoms with Gasteiger partial charge < -0.3 is 20.5 Å². The van der Waals surface area contributed by atoms with Crippen LogP contribution >= 0.6 is 0 Å². The Morgan fingerprint density at radius 2 is 2.05 bits per heavy atom. The second-order valence-electron chi connectivity index (χ2n) is 4.23. The zero-order chi connectivity index (χ0) is 16.8. The molecule has 0 aromatic heterocycles. The van der Waals surface area contributed by atoms with Crippen molar-refractivity contribution < 1.29 is 32.6 Å². The summed E-state index contributed by atoms with van der Waals surface area (Å²) in [6.07, 6.45) is -6.75. The average molecular weight is 320 g/mol. The number of carbonyl (C=O) groups excluding carboxylic acids is 1. The van der Waals surface area contributed by atoms with Gasteiger partial charge in [-0.3, -0.25) is 0 Å². The number of alkyl halides is 3. The lowest BCUT2D eigenvalue weighted by atomic mass is 10.0. The molecule has 0 spiro atoms. The van der Waals surface area contributed by atoms with Crippen LogP contribution in [0.5, 0.6) is 0 Å². The van der Waals surface area contributed by atoms with Gasteiger partial charge in [0.25, 0.3) is 0 Å². The van der Waals surface area contributed by atoms with Crippen molar-refractivity contribution in [3.8, 4) is 0 Å². The lowest BCUT2D eigenvalue weighted by Crippen LogP contribution is -2.37. The summed E-state index contributed by atoms with van der Waals surface area (Å²) in [6.45, 7) is 1.46. The first-order valence-electron chi connectivity index (χ1n) is 6.31. The first-order valence-corrected chi connectivity index (χ1v) is 6.31. The molecule has 22 heavy (non-hydrogen) atoms. The highest BCUT2D eigenvalue weighted by atomic mass is 19.4. The fourth-order valence-electron chi connectivity index (χ4n) is 1.70. The molecule has 0 heterocycles. The van der Waals surface area contributed by atoms with E-state index in [9.17, 15) is 22.8 Å². The summed E-state index contributed by atoms with van der Waals surface area (Å²) >= 11 is 0. The van der Waals surface area contributed by atoms with Gasteiger partial charge in [-0.1, -0.05) is 12.1 Å². The largest absolute Gasteiger partial charge is 0.465 e. The maximum absolute atomic E-state index is 12.7. The Morgan fingerprint density at radius 1 is 1.36 bits per heavy atom. The van der Waals surface area contributed by atoms with Gasteiger partial charge in [0.15, 0.2) is 0 Å². The van der Waals surface area contributed by atoms with Gasteiger partial charge in [0.1, 0.15) is 0 Å². The van der Waals surface area contributed by atoms with Gasteiger partial charge in [-0.05, 0) is 24.6 Å². The minimum absolute atomic E-state index is 0.0778. The number of halogens is 3. The molecule has 0 saturated heterocycles. The summed E-state index contributed by atoms with van der Waals surface area (Å²) in [6, 6.07) is 3.17. The fourth-order valence-corrected chi connectivity index (χ4v) is 1.70. The number of ether oxygens (including phenoxy) is 1. The van der Waals surface area contributed by atoms with Crippen molar-refractivity contribution in [1.29, 1.82) is 0 Å². The van der Waals surface area contributed by atoms with Gasteiger partial charge >= 0.3 is 18.4 Å². The topological polar surface area (TPSA) is 87.7 Å². The number of carbonyl (C=O) groups is 2. The Labute approximate surface area is 124 Å². The number of hydrogen-bond donors (Lipinski definition) is 3. The van der Waals surface area contributed by atoms with E-state index in [-0.39, 0.29) is 18.7 Å². The van der Waals surface area contributed by atoms with Crippen molar-refractivity contribution in [3.63, 3.8) is 0 Å². The molecular weight excluding hydrogens is 305 g/mol. The highest BCUT2D eigenvalue weighted by Gasteiger charge is 2.31. The summed E-state index contributed by atoms with van der Waals surface area (Å²) in [5.41, 5.74) is -0.827. The lowest BCUT2D eigenvalue weighted by Gasteiger charge is -2.19. The molecule has 0 fully saturated rings. The zero-order valence-electron chi connectivity index (χ0n) is 11.6. The van der Waals surface area contributed by atoms with Crippen molar-refractivity contribution in [3.05, 3.63) is 35.4 Å². The van der Waals surface area contributed by atoms with Crippen molar-refractivity contribution in [1.82, 2.24) is 10.6 Å². The highest BCUT2D eigenvalue weighted by molar-refractivity contribution is 5.68. The molecule has 1 aromatic carbocycles. The average Bonchev–Trinajstić information content (AvgIpc) is 2.42. The Hall–Kier alpha value is -2.45. The molecule has 0 saturated carbocycles. The summed E-state index contributed by atoms with van der Waals surface area (Å²) in [7, 11) is 0. The van der Waals surface area contributed by atoms with Gasteiger partial charge in [-0.15, -0.1) is 0 Å². The molecule has 1 unspecified atom stereocenters. The van der Waals surface area contributed by atoms with Crippen LogP contribution < -0.4 is 10.6 Å². The normalized spacial score (nSPS) is 12.4. The lowest BCUT2D eigenvalue weighted by molar-refractivity contribution is -0.137. The van der Waals surface area contributed by atoms with E-state index in [1.165, 1.54) is 12.1 Å². The molecule has 1 rings (SSSR count). The van der Waals surface area contributed by atoms with Gasteiger partial charge in [0.2, 0.25) is 0 Å². The van der Waals surface area contributed by atoms with Crippen molar-refractivity contribution >= 4 is 12.2 Å². The molecule has 3 N–H and O–H groups in total. The van der Waals surface area contributed by atoms with Crippen LogP contribution in [-0.2, 0) is 10.9 Å². The van der Waals surface area contributed by atoms with Crippen molar-refractivity contribution in [2.75, 3.05) is 13.2 Å². The second-order valence-corrected chi connectivity index (χ2v) is 4.23. The minimum atomic E-state index is -4.54. The molecule has 0 bridgehead atoms. The molecule has 0 aliphatic heterocycles. The van der Waals surface area contributed by atoms with E-state index in [1.54, 1.807) is 6.92 Å². The third kappa shape index (κ3) is 5.51. The number of alkyl carbamates (subject to hydrolysis) is 1. The van der Waals surface area contributed by atoms with E-state index in [1.807, 2.05) is 0 Å². The number of nitrogens with one attached hydrogen (secondary N) is 2. The summed E-state index contributed by atoms with van der Waals surface area (Å²) in [4.78, 5) is 22.0. The smallest absolute Gasteiger partial charge is 0.416 e. The molecule has 0 radical (unpaired) electrons. The number of amides is 2. The Kier molecular flexibility index (Phi) is 6.02. The molecule has 122 valence electrons. The van der Waals surface area contributed by atoms with Gasteiger partial charge in [0, 0.05) is 6.54 Å². The molecule has 9 heteroatoms. The molecule has 6 nitrogen and oxygen atoms in total. The van der Waals surface area contributed by atoms with E-state index in [4.69, 9.17) is 5.11 Å². The molecule has 0 aliphatic rings. The van der Waals surface area contributed by atoms with Crippen LogP contribution in [0.25, 0.3) is 0 Å². The third-order valence-corrected chi connectivity index (χ3v) is 2.64. The first-order chi connectivity index (χ1) is 10.2. The molecule has 2 amide bonds. The fraction of sp³-hybridized carbons (Fsp3) is 0.385. The maximum Gasteiger partial charge on any atom is 0.416 e. The molecule has 1 aromatic rings. The van der Waals surface area contributed by atoms with E-state index in [0.29, 0.717) is 0 Å². The van der Waals surface area contributed by atoms with Gasteiger partial charge in [0.05, 0.1) is 18.2 Å². The van der Waals surface area contributed by atoms with E-state index < -0.39 is 30.0 Å². The monoisotopic (exact) mass is 320 g/mol. The Balaban J connectivity index is 2.92. The standard InChI is InChI=1S/C13H15F3N2O4/c1-2-22-12(21)17-7-10(18-11(19)20)8-4-3-5-9(6-8)13(14,15)16/h3-6,10,18H,2,7H2,1H3,(H,17,21)(H,19,20). The first kappa shape index (κ1) is 17.6. The SMILES string of the molecule is CCOC(=O)NCC(NC(=O)O)c1cccc(C(F)(F)F)c1. The van der Waals surface area contributed by atoms with Gasteiger partial charge in [-0.25, -0.2) is 9.59 Å². The predicted octanol–water partition coefficient (Wildman–Crippen LogP) is 2.76. The van der Waals surface area contributed by atoms with E-state index in [2.05, 4.69) is 15.4 Å². The maximum atomic E-state index is 12.7. The van der Waals surface area contributed by atoms with E-state index >= 15 is 0 Å². The van der Waals surface area contributed by atoms with Crippen LogP contribution in [-0.4, -0.2) is 30.4 Å². The number of rotatable bonds is 5. The second kappa shape index (κ2) is 7.53. The number of carboxylic acid groups (broad SMARTS) is 1. The molecular formula is C13H15F3N2O4. The summed E-state index contributed by atoms with van der Waals surface area (Å²) < 4.78 is 42.7. The van der Waals surface area contributed by atoms with Crippen LogP contribution in [0.1, 0.15) is 24.1 Å². The van der Waals surface area contributed by atoms with E-state index in [0.717, 1.165) is 12.1 Å². The summed E-state index contributed by atoms with van der Waals surface area (Å²) in [5.74, 6) is 0. The third-order valence-electron chi connectivity index (χ3n) is 2.64. The Bertz CT molecular complexity index is 534. The predicted molar refractivity (Wildman–Crippen MR) is 70.4 cm³/mol. The van der Waals surface area contributed by atoms with Gasteiger partial charge in [-0.2, -0.15) is 13.2 Å². The Morgan fingerprint density at radius 3 is 2.59 bits per heavy atom. The van der Waals surface area contributed by atoms with Crippen LogP contribution in [0.2, 0.25) is 0 Å². The minimum Gasteiger partial charge on any atom is -0.465 e. The number of benzene rings is 1. The quantitative estimate of drug-likeness (QED) is 0.778. The van der Waals surface area contributed by atoms with Crippen molar-refractivity contribution in [2.24, 2.45) is 0 Å². The highest BCUT2D eigenvalue weighted by Crippen LogP contribution is 2.30. The zero-order valence-corrected chi connectivity index (χ0v) is 11.6. The van der Waals surface area contributed by atoms with Crippen LogP contribution in [0, 0.1) is 0 Å².